The van der Waals surface area contributed by atoms with Gasteiger partial charge in [0.15, 0.2) is 11.6 Å². The minimum absolute atomic E-state index is 0.397. The Labute approximate surface area is 89.6 Å². The third kappa shape index (κ3) is 2.07. The average Bonchev–Trinajstić information content (AvgIpc) is 2.22. The first-order chi connectivity index (χ1) is 7.16. The molecule has 2 nitrogen and oxygen atoms in total. The summed E-state index contributed by atoms with van der Waals surface area (Å²) in [6.45, 7) is 0. The molecule has 0 aliphatic carbocycles. The summed E-state index contributed by atoms with van der Waals surface area (Å²) in [5.74, 6) is -1.75. The Balaban J connectivity index is 2.55. The predicted octanol–water partition coefficient (Wildman–Crippen LogP) is 3.08. The number of aromatic nitrogens is 2. The van der Waals surface area contributed by atoms with Gasteiger partial charge in [-0.1, -0.05) is 12.2 Å². The lowest BCUT2D eigenvalue weighted by Gasteiger charge is -2.01. The van der Waals surface area contributed by atoms with Crippen LogP contribution in [0.25, 0.3) is 11.3 Å². The van der Waals surface area contributed by atoms with Crippen molar-refractivity contribution in [2.75, 3.05) is 0 Å². The normalized spacial score (nSPS) is 10.3. The van der Waals surface area contributed by atoms with Gasteiger partial charge in [-0.3, -0.25) is 0 Å². The maximum Gasteiger partial charge on any atom is 0.159 e. The van der Waals surface area contributed by atoms with Gasteiger partial charge in [-0.15, -0.1) is 0 Å². The maximum absolute atomic E-state index is 12.9. The fourth-order valence-electron chi connectivity index (χ4n) is 1.20. The van der Waals surface area contributed by atoms with Crippen molar-refractivity contribution in [3.05, 3.63) is 46.9 Å². The van der Waals surface area contributed by atoms with Gasteiger partial charge in [-0.25, -0.2) is 13.8 Å². The van der Waals surface area contributed by atoms with Gasteiger partial charge in [-0.2, -0.15) is 0 Å². The Morgan fingerprint density at radius 2 is 1.93 bits per heavy atom. The van der Waals surface area contributed by atoms with E-state index in [9.17, 15) is 8.78 Å². The highest BCUT2D eigenvalue weighted by Gasteiger charge is 2.04. The Kier molecular flexibility index (Phi) is 2.55. The maximum atomic E-state index is 12.9. The Morgan fingerprint density at radius 1 is 1.13 bits per heavy atom. The SMILES string of the molecule is Fc1ccc(-c2cc(=S)nc[nH]2)cc1F. The van der Waals surface area contributed by atoms with Crippen LogP contribution >= 0.6 is 12.2 Å². The quantitative estimate of drug-likeness (QED) is 0.754. The van der Waals surface area contributed by atoms with Crippen LogP contribution in [-0.2, 0) is 0 Å². The molecule has 0 radical (unpaired) electrons. The van der Waals surface area contributed by atoms with Gasteiger partial charge in [0, 0.05) is 11.3 Å². The molecule has 0 amide bonds. The number of halogens is 2. The van der Waals surface area contributed by atoms with Crippen LogP contribution in [0.3, 0.4) is 0 Å². The van der Waals surface area contributed by atoms with Crippen LogP contribution in [-0.4, -0.2) is 9.97 Å². The molecule has 0 saturated heterocycles. The zero-order valence-electron chi connectivity index (χ0n) is 7.50. The van der Waals surface area contributed by atoms with Gasteiger partial charge >= 0.3 is 0 Å². The summed E-state index contributed by atoms with van der Waals surface area (Å²) in [6, 6.07) is 5.24. The first-order valence-corrected chi connectivity index (χ1v) is 4.58. The van der Waals surface area contributed by atoms with E-state index >= 15 is 0 Å². The standard InChI is InChI=1S/C10H6F2N2S/c11-7-2-1-6(3-8(7)12)9-4-10(15)14-5-13-9/h1-5H,(H,13,14,15). The number of H-pyrrole nitrogens is 1. The van der Waals surface area contributed by atoms with Crippen molar-refractivity contribution in [1.29, 1.82) is 0 Å². The van der Waals surface area contributed by atoms with Crippen LogP contribution in [0.15, 0.2) is 30.6 Å². The lowest BCUT2D eigenvalue weighted by Crippen LogP contribution is -1.88. The summed E-state index contributed by atoms with van der Waals surface area (Å²) in [6.07, 6.45) is 1.42. The summed E-state index contributed by atoms with van der Waals surface area (Å²) < 4.78 is 26.0. The summed E-state index contributed by atoms with van der Waals surface area (Å²) in [7, 11) is 0. The lowest BCUT2D eigenvalue weighted by molar-refractivity contribution is 0.509. The second-order valence-electron chi connectivity index (χ2n) is 2.93. The van der Waals surface area contributed by atoms with E-state index < -0.39 is 11.6 Å². The molecule has 0 atom stereocenters. The highest BCUT2D eigenvalue weighted by molar-refractivity contribution is 7.71. The molecule has 15 heavy (non-hydrogen) atoms. The third-order valence-electron chi connectivity index (χ3n) is 1.91. The second-order valence-corrected chi connectivity index (χ2v) is 3.35. The molecule has 0 unspecified atom stereocenters. The topological polar surface area (TPSA) is 28.7 Å². The third-order valence-corrected chi connectivity index (χ3v) is 2.13. The summed E-state index contributed by atoms with van der Waals surface area (Å²) in [4.78, 5) is 6.60. The van der Waals surface area contributed by atoms with Gasteiger partial charge < -0.3 is 4.98 Å². The molecular weight excluding hydrogens is 218 g/mol. The Bertz CT molecular complexity index is 551. The molecule has 1 N–H and O–H groups in total. The lowest BCUT2D eigenvalue weighted by atomic mass is 10.1. The second kappa shape index (κ2) is 3.86. The van der Waals surface area contributed by atoms with E-state index in [4.69, 9.17) is 12.2 Å². The average molecular weight is 224 g/mol. The highest BCUT2D eigenvalue weighted by atomic mass is 32.1. The van der Waals surface area contributed by atoms with E-state index in [1.165, 1.54) is 12.4 Å². The summed E-state index contributed by atoms with van der Waals surface area (Å²) in [5, 5.41) is 0. The molecule has 1 aromatic heterocycles. The fraction of sp³-hybridized carbons (Fsp3) is 0. The minimum Gasteiger partial charge on any atom is -0.346 e. The molecular formula is C10H6F2N2S. The van der Waals surface area contributed by atoms with Crippen LogP contribution in [0.1, 0.15) is 0 Å². The van der Waals surface area contributed by atoms with Crippen LogP contribution in [0.4, 0.5) is 8.78 Å². The van der Waals surface area contributed by atoms with Gasteiger partial charge in [-0.05, 0) is 24.3 Å². The van der Waals surface area contributed by atoms with Crippen LogP contribution in [0.2, 0.25) is 0 Å². The molecule has 0 aliphatic heterocycles. The number of hydrogen-bond acceptors (Lipinski definition) is 2. The molecule has 0 aliphatic rings. The van der Waals surface area contributed by atoms with Crippen LogP contribution in [0.5, 0.6) is 0 Å². The van der Waals surface area contributed by atoms with Crippen molar-refractivity contribution in [2.45, 2.75) is 0 Å². The molecule has 0 spiro atoms. The van der Waals surface area contributed by atoms with E-state index in [0.29, 0.717) is 15.9 Å². The Morgan fingerprint density at radius 3 is 2.60 bits per heavy atom. The largest absolute Gasteiger partial charge is 0.346 e. The predicted molar refractivity (Wildman–Crippen MR) is 54.8 cm³/mol. The molecule has 2 rings (SSSR count). The summed E-state index contributed by atoms with van der Waals surface area (Å²) >= 11 is 4.86. The number of nitrogens with one attached hydrogen (secondary N) is 1. The molecule has 76 valence electrons. The minimum atomic E-state index is -0.886. The number of nitrogens with zero attached hydrogens (tertiary/aromatic N) is 1. The van der Waals surface area contributed by atoms with E-state index in [0.717, 1.165) is 12.1 Å². The van der Waals surface area contributed by atoms with Crippen LogP contribution in [0, 0.1) is 16.3 Å². The van der Waals surface area contributed by atoms with Crippen molar-refractivity contribution in [2.24, 2.45) is 0 Å². The van der Waals surface area contributed by atoms with Gasteiger partial charge in [0.2, 0.25) is 0 Å². The van der Waals surface area contributed by atoms with Crippen molar-refractivity contribution in [1.82, 2.24) is 9.97 Å². The van der Waals surface area contributed by atoms with E-state index in [1.54, 1.807) is 6.07 Å². The first-order valence-electron chi connectivity index (χ1n) is 4.17. The van der Waals surface area contributed by atoms with Crippen molar-refractivity contribution in [3.8, 4) is 11.3 Å². The number of aromatic amines is 1. The molecule has 5 heteroatoms. The molecule has 1 aromatic carbocycles. The fourth-order valence-corrected chi connectivity index (χ4v) is 1.37. The zero-order chi connectivity index (χ0) is 10.8. The van der Waals surface area contributed by atoms with Crippen molar-refractivity contribution < 1.29 is 8.78 Å². The molecule has 0 fully saturated rings. The first kappa shape index (κ1) is 9.92. The van der Waals surface area contributed by atoms with Crippen molar-refractivity contribution in [3.63, 3.8) is 0 Å². The highest BCUT2D eigenvalue weighted by Crippen LogP contribution is 2.18. The van der Waals surface area contributed by atoms with Crippen LogP contribution < -0.4 is 0 Å². The van der Waals surface area contributed by atoms with Crippen molar-refractivity contribution >= 4 is 12.2 Å². The molecule has 1 heterocycles. The Hall–Kier alpha value is -1.62. The number of hydrogen-bond donors (Lipinski definition) is 1. The molecule has 0 saturated carbocycles. The molecule has 2 aromatic rings. The zero-order valence-corrected chi connectivity index (χ0v) is 8.31. The van der Waals surface area contributed by atoms with E-state index in [1.807, 2.05) is 0 Å². The summed E-state index contributed by atoms with van der Waals surface area (Å²) in [5.41, 5.74) is 1.14. The van der Waals surface area contributed by atoms with E-state index in [-0.39, 0.29) is 0 Å². The number of benzene rings is 1. The van der Waals surface area contributed by atoms with Gasteiger partial charge in [0.1, 0.15) is 4.64 Å². The molecule has 0 bridgehead atoms. The van der Waals surface area contributed by atoms with Gasteiger partial charge in [0.25, 0.3) is 0 Å². The number of rotatable bonds is 1. The monoisotopic (exact) mass is 224 g/mol. The van der Waals surface area contributed by atoms with E-state index in [2.05, 4.69) is 9.97 Å². The smallest absolute Gasteiger partial charge is 0.159 e. The van der Waals surface area contributed by atoms with Gasteiger partial charge in [0.05, 0.1) is 6.33 Å².